The lowest BCUT2D eigenvalue weighted by atomic mass is 9.66. The van der Waals surface area contributed by atoms with Gasteiger partial charge in [-0.05, 0) is 38.5 Å². The van der Waals surface area contributed by atoms with E-state index in [2.05, 4.69) is 24.5 Å². The van der Waals surface area contributed by atoms with Crippen molar-refractivity contribution in [3.05, 3.63) is 0 Å². The molecule has 188 valence electrons. The van der Waals surface area contributed by atoms with Gasteiger partial charge in [0, 0.05) is 17.8 Å². The topological polar surface area (TPSA) is 98.7 Å². The van der Waals surface area contributed by atoms with Gasteiger partial charge in [0.1, 0.15) is 6.04 Å². The molecule has 3 aliphatic heterocycles. The van der Waals surface area contributed by atoms with Gasteiger partial charge < -0.3 is 20.6 Å². The summed E-state index contributed by atoms with van der Waals surface area (Å²) in [5, 5.41) is 16.4. The van der Waals surface area contributed by atoms with E-state index in [0.29, 0.717) is 13.1 Å². The first kappa shape index (κ1) is 26.3. The van der Waals surface area contributed by atoms with Crippen LogP contribution in [0.25, 0.3) is 0 Å². The minimum atomic E-state index is -0.654. The fourth-order valence-electron chi connectivity index (χ4n) is 6.28. The highest BCUT2D eigenvalue weighted by Crippen LogP contribution is 2.71. The first-order chi connectivity index (χ1) is 15.7. The largest absolute Gasteiger partial charge is 0.394 e. The average Bonchev–Trinajstić information content (AvgIpc) is 3.36. The van der Waals surface area contributed by atoms with Crippen LogP contribution < -0.4 is 10.6 Å². The monoisotopic (exact) mass is 481 g/mol. The second-order valence-electron chi connectivity index (χ2n) is 10.4. The van der Waals surface area contributed by atoms with Crippen molar-refractivity contribution in [2.45, 2.75) is 101 Å². The van der Waals surface area contributed by atoms with Crippen LogP contribution in [0.2, 0.25) is 0 Å². The number of likely N-dealkylation sites (tertiary alicyclic amines) is 1. The maximum atomic E-state index is 14.1. The van der Waals surface area contributed by atoms with Gasteiger partial charge in [-0.25, -0.2) is 0 Å². The number of rotatable bonds is 12. The fourth-order valence-corrected chi connectivity index (χ4v) is 8.62. The van der Waals surface area contributed by atoms with Crippen molar-refractivity contribution in [2.24, 2.45) is 17.8 Å². The summed E-state index contributed by atoms with van der Waals surface area (Å²) >= 11 is 1.69. The maximum absolute atomic E-state index is 14.1. The molecular formula is C25H43N3O4S. The molecule has 0 saturated carbocycles. The number of nitrogens with zero attached hydrogens (tertiary/aromatic N) is 1. The van der Waals surface area contributed by atoms with Crippen LogP contribution in [0, 0.1) is 17.8 Å². The third-order valence-electron chi connectivity index (χ3n) is 8.22. The van der Waals surface area contributed by atoms with E-state index in [0.717, 1.165) is 44.9 Å². The normalized spacial score (nSPS) is 34.3. The van der Waals surface area contributed by atoms with Crippen LogP contribution in [0.5, 0.6) is 0 Å². The highest BCUT2D eigenvalue weighted by atomic mass is 32.2. The van der Waals surface area contributed by atoms with Crippen LogP contribution in [0.3, 0.4) is 0 Å². The minimum absolute atomic E-state index is 0.0507. The first-order valence-corrected chi connectivity index (χ1v) is 13.7. The predicted molar refractivity (Wildman–Crippen MR) is 132 cm³/mol. The van der Waals surface area contributed by atoms with Crippen molar-refractivity contribution < 1.29 is 19.5 Å². The summed E-state index contributed by atoms with van der Waals surface area (Å²) in [6.07, 6.45) is 6.20. The molecule has 2 bridgehead atoms. The Morgan fingerprint density at radius 1 is 1.12 bits per heavy atom. The van der Waals surface area contributed by atoms with E-state index in [9.17, 15) is 19.5 Å². The van der Waals surface area contributed by atoms with Gasteiger partial charge >= 0.3 is 0 Å². The highest BCUT2D eigenvalue weighted by Gasteiger charge is 2.77. The van der Waals surface area contributed by atoms with Crippen LogP contribution >= 0.6 is 11.8 Å². The standard InChI is InChI=1S/C25H43N3O4S/c1-6-9-10-14-27-22(31)20-25-12-11-24(5,33-25)18(21(30)26-13-7-2)19(25)23(32)28(20)17(15-29)16(4)8-3/h16-20,29H,6-15H2,1-5H3,(H,26,30)(H,27,31)/t16-,17-,18+,19-,20?,24-,25?/m0/s1. The Balaban J connectivity index is 2.00. The summed E-state index contributed by atoms with van der Waals surface area (Å²) in [5.41, 5.74) is 0. The first-order valence-electron chi connectivity index (χ1n) is 12.9. The van der Waals surface area contributed by atoms with E-state index in [1.165, 1.54) is 0 Å². The average molecular weight is 482 g/mol. The Kier molecular flexibility index (Phi) is 8.41. The summed E-state index contributed by atoms with van der Waals surface area (Å²) in [5.74, 6) is -1.25. The molecule has 0 aromatic heterocycles. The second kappa shape index (κ2) is 10.5. The van der Waals surface area contributed by atoms with Gasteiger partial charge in [-0.2, -0.15) is 0 Å². The molecule has 3 rings (SSSR count). The molecule has 8 heteroatoms. The molecule has 3 amide bonds. The number of unbranched alkanes of at least 4 members (excludes halogenated alkanes) is 2. The molecule has 3 N–H and O–H groups in total. The molecule has 7 nitrogen and oxygen atoms in total. The van der Waals surface area contributed by atoms with Gasteiger partial charge in [-0.3, -0.25) is 14.4 Å². The van der Waals surface area contributed by atoms with Crippen LogP contribution in [0.15, 0.2) is 0 Å². The summed E-state index contributed by atoms with van der Waals surface area (Å²) < 4.78 is -0.966. The van der Waals surface area contributed by atoms with Crippen molar-refractivity contribution in [3.63, 3.8) is 0 Å². The van der Waals surface area contributed by atoms with E-state index in [1.54, 1.807) is 16.7 Å². The zero-order valence-electron chi connectivity index (χ0n) is 21.0. The highest BCUT2D eigenvalue weighted by molar-refractivity contribution is 8.02. The lowest BCUT2D eigenvalue weighted by Crippen LogP contribution is -2.57. The molecule has 3 fully saturated rings. The third kappa shape index (κ3) is 4.42. The zero-order chi connectivity index (χ0) is 24.4. The van der Waals surface area contributed by atoms with E-state index in [1.807, 2.05) is 20.8 Å². The van der Waals surface area contributed by atoms with E-state index in [-0.39, 0.29) is 35.0 Å². The molecule has 1 spiro atoms. The number of amides is 3. The lowest BCUT2D eigenvalue weighted by molar-refractivity contribution is -0.144. The molecule has 3 heterocycles. The maximum Gasteiger partial charge on any atom is 0.244 e. The number of thioether (sulfide) groups is 1. The number of nitrogens with one attached hydrogen (secondary N) is 2. The van der Waals surface area contributed by atoms with E-state index >= 15 is 0 Å². The molecule has 0 aliphatic carbocycles. The molecule has 33 heavy (non-hydrogen) atoms. The van der Waals surface area contributed by atoms with Gasteiger partial charge in [0.25, 0.3) is 0 Å². The number of carbonyl (C=O) groups is 3. The molecule has 0 radical (unpaired) electrons. The molecule has 0 aromatic rings. The summed E-state index contributed by atoms with van der Waals surface area (Å²) in [4.78, 5) is 42.7. The van der Waals surface area contributed by atoms with Gasteiger partial charge in [0.05, 0.1) is 29.2 Å². The molecule has 0 aromatic carbocycles. The molecule has 3 aliphatic rings. The minimum Gasteiger partial charge on any atom is -0.394 e. The van der Waals surface area contributed by atoms with Crippen molar-refractivity contribution in [2.75, 3.05) is 19.7 Å². The summed E-state index contributed by atoms with van der Waals surface area (Å²) in [7, 11) is 0. The number of hydrogen-bond acceptors (Lipinski definition) is 5. The van der Waals surface area contributed by atoms with Gasteiger partial charge in [-0.1, -0.05) is 47.0 Å². The number of carbonyl (C=O) groups excluding carboxylic acids is 3. The van der Waals surface area contributed by atoms with E-state index in [4.69, 9.17) is 0 Å². The fraction of sp³-hybridized carbons (Fsp3) is 0.880. The quantitative estimate of drug-likeness (QED) is 0.372. The van der Waals surface area contributed by atoms with Crippen LogP contribution in [0.4, 0.5) is 0 Å². The van der Waals surface area contributed by atoms with Gasteiger partial charge in [0.2, 0.25) is 17.7 Å². The number of aliphatic hydroxyl groups excluding tert-OH is 1. The Morgan fingerprint density at radius 2 is 1.82 bits per heavy atom. The molecular weight excluding hydrogens is 438 g/mol. The Bertz CT molecular complexity index is 749. The zero-order valence-corrected chi connectivity index (χ0v) is 21.8. The Labute approximate surface area is 203 Å². The van der Waals surface area contributed by atoms with Crippen molar-refractivity contribution in [1.29, 1.82) is 0 Å². The SMILES string of the molecule is CCCCCNC(=O)C1N([C@@H](CO)[C@@H](C)CC)C(=O)[C@@H]2[C@H](C(=O)NCCC)[C@]3(C)CCC12S3. The second-order valence-corrected chi connectivity index (χ2v) is 12.3. The molecule has 2 unspecified atom stereocenters. The predicted octanol–water partition coefficient (Wildman–Crippen LogP) is 2.71. The molecule has 3 saturated heterocycles. The van der Waals surface area contributed by atoms with Crippen molar-refractivity contribution in [1.82, 2.24) is 15.5 Å². The van der Waals surface area contributed by atoms with Crippen LogP contribution in [-0.2, 0) is 14.4 Å². The molecule has 7 atom stereocenters. The van der Waals surface area contributed by atoms with Crippen molar-refractivity contribution >= 4 is 29.5 Å². The van der Waals surface area contributed by atoms with E-state index < -0.39 is 28.7 Å². The number of fused-ring (bicyclic) bond motifs is 1. The Morgan fingerprint density at radius 3 is 2.42 bits per heavy atom. The van der Waals surface area contributed by atoms with Gasteiger partial charge in [0.15, 0.2) is 0 Å². The summed E-state index contributed by atoms with van der Waals surface area (Å²) in [6.45, 7) is 11.3. The smallest absolute Gasteiger partial charge is 0.244 e. The van der Waals surface area contributed by atoms with Gasteiger partial charge in [-0.15, -0.1) is 11.8 Å². The Hall–Kier alpha value is -1.28. The lowest BCUT2D eigenvalue weighted by Gasteiger charge is -2.39. The number of hydrogen-bond donors (Lipinski definition) is 3. The summed E-state index contributed by atoms with van der Waals surface area (Å²) in [6, 6.07) is -1.08. The third-order valence-corrected chi connectivity index (χ3v) is 10.2. The van der Waals surface area contributed by atoms with Crippen molar-refractivity contribution in [3.8, 4) is 0 Å². The van der Waals surface area contributed by atoms with Crippen LogP contribution in [0.1, 0.15) is 79.6 Å². The number of aliphatic hydroxyl groups is 1. The van der Waals surface area contributed by atoms with Crippen LogP contribution in [-0.4, -0.2) is 69.0 Å².